The molecule has 7 heteroatoms. The molecule has 0 aliphatic carbocycles. The number of nitrogen functional groups attached to an aromatic ring is 2. The van der Waals surface area contributed by atoms with Gasteiger partial charge < -0.3 is 17.2 Å². The zero-order chi connectivity index (χ0) is 15.4. The predicted octanol–water partition coefficient (Wildman–Crippen LogP) is 2.35. The van der Waals surface area contributed by atoms with Gasteiger partial charge in [0.1, 0.15) is 17.5 Å². The number of halogens is 1. The summed E-state index contributed by atoms with van der Waals surface area (Å²) in [4.78, 5) is 8.31. The summed E-state index contributed by atoms with van der Waals surface area (Å²) in [6.45, 7) is 2.00. The van der Waals surface area contributed by atoms with Gasteiger partial charge in [-0.1, -0.05) is 30.8 Å². The van der Waals surface area contributed by atoms with Crippen molar-refractivity contribution in [3.8, 4) is 0 Å². The molecule has 0 spiro atoms. The van der Waals surface area contributed by atoms with E-state index in [2.05, 4.69) is 9.97 Å². The fraction of sp³-hybridized carbons (Fsp3) is 0.286. The third kappa shape index (κ3) is 4.05. The van der Waals surface area contributed by atoms with E-state index in [0.717, 1.165) is 12.0 Å². The third-order valence-electron chi connectivity index (χ3n) is 3.04. The normalized spacial score (nSPS) is 13.9. The summed E-state index contributed by atoms with van der Waals surface area (Å²) in [5, 5.41) is 0.363. The second-order valence-corrected chi connectivity index (χ2v) is 5.77. The van der Waals surface area contributed by atoms with Crippen LogP contribution in [0.5, 0.6) is 0 Å². The summed E-state index contributed by atoms with van der Waals surface area (Å²) in [7, 11) is 0. The minimum Gasteiger partial charge on any atom is -0.383 e. The van der Waals surface area contributed by atoms with E-state index in [1.807, 2.05) is 6.92 Å². The number of nitrogens with zero attached hydrogens (tertiary/aromatic N) is 2. The van der Waals surface area contributed by atoms with Gasteiger partial charge in [-0.05, 0) is 24.1 Å². The maximum absolute atomic E-state index is 13.1. The molecule has 2 unspecified atom stereocenters. The Morgan fingerprint density at radius 2 is 1.71 bits per heavy atom. The first-order chi connectivity index (χ1) is 9.99. The minimum absolute atomic E-state index is 0.100. The lowest BCUT2D eigenvalue weighted by Crippen LogP contribution is -2.26. The summed E-state index contributed by atoms with van der Waals surface area (Å²) < 4.78 is 13.1. The number of thioether (sulfide) groups is 1. The van der Waals surface area contributed by atoms with Gasteiger partial charge >= 0.3 is 0 Å². The second kappa shape index (κ2) is 6.73. The summed E-state index contributed by atoms with van der Waals surface area (Å²) in [5.74, 6) is 0.345. The molecule has 0 saturated heterocycles. The first-order valence-corrected chi connectivity index (χ1v) is 7.45. The SMILES string of the molecule is CCC(N)C(Sc1nc(N)cc(N)n1)c1ccc(F)cc1. The van der Waals surface area contributed by atoms with Gasteiger partial charge in [0.25, 0.3) is 0 Å². The van der Waals surface area contributed by atoms with Crippen molar-refractivity contribution in [1.29, 1.82) is 0 Å². The van der Waals surface area contributed by atoms with Gasteiger partial charge in [-0.3, -0.25) is 0 Å². The van der Waals surface area contributed by atoms with E-state index in [1.54, 1.807) is 12.1 Å². The average molecular weight is 307 g/mol. The highest BCUT2D eigenvalue weighted by Crippen LogP contribution is 2.37. The number of anilines is 2. The molecular formula is C14H18FN5S. The zero-order valence-electron chi connectivity index (χ0n) is 11.7. The average Bonchev–Trinajstić information content (AvgIpc) is 2.44. The molecule has 1 heterocycles. The largest absolute Gasteiger partial charge is 0.383 e. The summed E-state index contributed by atoms with van der Waals surface area (Å²) in [6, 6.07) is 7.65. The highest BCUT2D eigenvalue weighted by atomic mass is 32.2. The fourth-order valence-electron chi connectivity index (χ4n) is 1.90. The second-order valence-electron chi connectivity index (χ2n) is 4.66. The standard InChI is InChI=1S/C14H18FN5S/c1-2-10(16)13(8-3-5-9(15)6-4-8)21-14-19-11(17)7-12(18)20-14/h3-7,10,13H,2,16H2,1H3,(H4,17,18,19,20). The molecule has 1 aromatic heterocycles. The van der Waals surface area contributed by atoms with E-state index >= 15 is 0 Å². The van der Waals surface area contributed by atoms with Crippen LogP contribution in [0.25, 0.3) is 0 Å². The molecule has 0 radical (unpaired) electrons. The Kier molecular flexibility index (Phi) is 4.98. The van der Waals surface area contributed by atoms with Gasteiger partial charge in [-0.2, -0.15) is 0 Å². The van der Waals surface area contributed by atoms with Gasteiger partial charge in [0.2, 0.25) is 0 Å². The van der Waals surface area contributed by atoms with Crippen molar-refractivity contribution in [2.75, 3.05) is 11.5 Å². The van der Waals surface area contributed by atoms with E-state index in [0.29, 0.717) is 16.8 Å². The van der Waals surface area contributed by atoms with Crippen LogP contribution in [0.15, 0.2) is 35.5 Å². The van der Waals surface area contributed by atoms with Crippen molar-refractivity contribution in [1.82, 2.24) is 9.97 Å². The van der Waals surface area contributed by atoms with Crippen LogP contribution in [0.1, 0.15) is 24.2 Å². The first kappa shape index (κ1) is 15.5. The molecule has 0 bridgehead atoms. The van der Waals surface area contributed by atoms with Gasteiger partial charge in [-0.25, -0.2) is 14.4 Å². The van der Waals surface area contributed by atoms with Crippen LogP contribution in [0.4, 0.5) is 16.0 Å². The smallest absolute Gasteiger partial charge is 0.192 e. The van der Waals surface area contributed by atoms with E-state index in [1.165, 1.54) is 30.0 Å². The minimum atomic E-state index is -0.281. The Morgan fingerprint density at radius 1 is 1.14 bits per heavy atom. The van der Waals surface area contributed by atoms with Gasteiger partial charge in [0, 0.05) is 12.1 Å². The van der Waals surface area contributed by atoms with Crippen molar-refractivity contribution in [2.24, 2.45) is 5.73 Å². The Labute approximate surface area is 127 Å². The molecule has 2 rings (SSSR count). The van der Waals surface area contributed by atoms with E-state index < -0.39 is 0 Å². The van der Waals surface area contributed by atoms with Crippen molar-refractivity contribution in [3.63, 3.8) is 0 Å². The topological polar surface area (TPSA) is 104 Å². The monoisotopic (exact) mass is 307 g/mol. The molecule has 2 aromatic rings. The van der Waals surface area contributed by atoms with Crippen LogP contribution in [-0.4, -0.2) is 16.0 Å². The molecule has 21 heavy (non-hydrogen) atoms. The number of aromatic nitrogens is 2. The Morgan fingerprint density at radius 3 is 2.24 bits per heavy atom. The van der Waals surface area contributed by atoms with Crippen molar-refractivity contribution in [2.45, 2.75) is 29.8 Å². The van der Waals surface area contributed by atoms with Gasteiger partial charge in [0.15, 0.2) is 5.16 Å². The maximum atomic E-state index is 13.1. The van der Waals surface area contributed by atoms with E-state index in [4.69, 9.17) is 17.2 Å². The number of benzene rings is 1. The molecule has 0 aliphatic rings. The highest BCUT2D eigenvalue weighted by molar-refractivity contribution is 7.99. The number of rotatable bonds is 5. The summed E-state index contributed by atoms with van der Waals surface area (Å²) in [5.41, 5.74) is 18.4. The Bertz CT molecular complexity index is 585. The molecular weight excluding hydrogens is 289 g/mol. The van der Waals surface area contributed by atoms with Crippen LogP contribution >= 0.6 is 11.8 Å². The van der Waals surface area contributed by atoms with Crippen LogP contribution < -0.4 is 17.2 Å². The highest BCUT2D eigenvalue weighted by Gasteiger charge is 2.21. The molecule has 0 saturated carbocycles. The summed E-state index contributed by atoms with van der Waals surface area (Å²) in [6.07, 6.45) is 0.771. The van der Waals surface area contributed by atoms with Gasteiger partial charge in [-0.15, -0.1) is 0 Å². The van der Waals surface area contributed by atoms with Crippen LogP contribution in [0.3, 0.4) is 0 Å². The third-order valence-corrected chi connectivity index (χ3v) is 4.31. The zero-order valence-corrected chi connectivity index (χ0v) is 12.5. The van der Waals surface area contributed by atoms with Crippen molar-refractivity contribution >= 4 is 23.4 Å². The van der Waals surface area contributed by atoms with E-state index in [-0.39, 0.29) is 17.1 Å². The predicted molar refractivity (Wildman–Crippen MR) is 84.1 cm³/mol. The van der Waals surface area contributed by atoms with Crippen molar-refractivity contribution in [3.05, 3.63) is 41.7 Å². The molecule has 1 aromatic carbocycles. The quantitative estimate of drug-likeness (QED) is 0.578. The van der Waals surface area contributed by atoms with Crippen LogP contribution in [0.2, 0.25) is 0 Å². The van der Waals surface area contributed by atoms with Crippen LogP contribution in [-0.2, 0) is 0 Å². The fourth-order valence-corrected chi connectivity index (χ4v) is 3.10. The first-order valence-electron chi connectivity index (χ1n) is 6.57. The summed E-state index contributed by atoms with van der Waals surface area (Å²) >= 11 is 1.38. The lowest BCUT2D eigenvalue weighted by Gasteiger charge is -2.22. The maximum Gasteiger partial charge on any atom is 0.192 e. The molecule has 5 nitrogen and oxygen atoms in total. The lowest BCUT2D eigenvalue weighted by atomic mass is 10.0. The number of nitrogens with two attached hydrogens (primary N) is 3. The number of hydrogen-bond acceptors (Lipinski definition) is 6. The van der Waals surface area contributed by atoms with Crippen molar-refractivity contribution < 1.29 is 4.39 Å². The molecule has 112 valence electrons. The number of hydrogen-bond donors (Lipinski definition) is 3. The molecule has 0 amide bonds. The molecule has 0 aliphatic heterocycles. The lowest BCUT2D eigenvalue weighted by molar-refractivity contribution is 0.617. The van der Waals surface area contributed by atoms with E-state index in [9.17, 15) is 4.39 Å². The molecule has 6 N–H and O–H groups in total. The van der Waals surface area contributed by atoms with Gasteiger partial charge in [0.05, 0.1) is 5.25 Å². The molecule has 2 atom stereocenters. The van der Waals surface area contributed by atoms with Crippen LogP contribution in [0, 0.1) is 5.82 Å². The Hall–Kier alpha value is -1.86. The molecule has 0 fully saturated rings. The Balaban J connectivity index is 2.30.